The number of methoxy groups -OCH3 is 1. The second-order valence-electron chi connectivity index (χ2n) is 5.77. The Balaban J connectivity index is 2.34. The molecule has 1 aliphatic rings. The largest absolute Gasteiger partial charge is 0.496 e. The molecule has 1 N–H and O–H groups in total. The molecule has 0 saturated heterocycles. The zero-order valence-corrected chi connectivity index (χ0v) is 13.1. The summed E-state index contributed by atoms with van der Waals surface area (Å²) in [6, 6.07) is 3.24. The molecule has 1 unspecified atom stereocenters. The van der Waals surface area contributed by atoms with Crippen LogP contribution in [-0.2, 0) is 6.54 Å². The van der Waals surface area contributed by atoms with Crippen LogP contribution in [0.15, 0.2) is 12.1 Å². The summed E-state index contributed by atoms with van der Waals surface area (Å²) in [5, 5.41) is 14.9. The SMILES string of the molecule is [CH2]CC(c1c(OC)ccc([CH2])c1CNC1CCCC1)[N+](=O)[O-]. The van der Waals surface area contributed by atoms with Crippen molar-refractivity contribution in [2.75, 3.05) is 7.11 Å². The van der Waals surface area contributed by atoms with Gasteiger partial charge in [0.1, 0.15) is 5.75 Å². The average molecular weight is 304 g/mol. The van der Waals surface area contributed by atoms with E-state index in [0.717, 1.165) is 11.1 Å². The van der Waals surface area contributed by atoms with Gasteiger partial charge in [0.15, 0.2) is 0 Å². The highest BCUT2D eigenvalue weighted by Gasteiger charge is 2.29. The maximum absolute atomic E-state index is 11.4. The highest BCUT2D eigenvalue weighted by molar-refractivity contribution is 5.47. The van der Waals surface area contributed by atoms with E-state index in [1.54, 1.807) is 6.07 Å². The molecule has 5 heteroatoms. The van der Waals surface area contributed by atoms with Gasteiger partial charge in [0.05, 0.1) is 12.7 Å². The van der Waals surface area contributed by atoms with Gasteiger partial charge in [0, 0.05) is 23.9 Å². The van der Waals surface area contributed by atoms with Crippen LogP contribution in [0.4, 0.5) is 0 Å². The van der Waals surface area contributed by atoms with Crippen LogP contribution in [-0.4, -0.2) is 18.1 Å². The highest BCUT2D eigenvalue weighted by atomic mass is 16.6. The van der Waals surface area contributed by atoms with Gasteiger partial charge < -0.3 is 10.1 Å². The lowest BCUT2D eigenvalue weighted by molar-refractivity contribution is -0.528. The fourth-order valence-electron chi connectivity index (χ4n) is 3.17. The van der Waals surface area contributed by atoms with Crippen LogP contribution in [0.25, 0.3) is 0 Å². The van der Waals surface area contributed by atoms with Crippen molar-refractivity contribution in [2.45, 2.75) is 50.7 Å². The minimum absolute atomic E-state index is 0.184. The summed E-state index contributed by atoms with van der Waals surface area (Å²) in [7, 11) is 1.54. The van der Waals surface area contributed by atoms with E-state index >= 15 is 0 Å². The van der Waals surface area contributed by atoms with Gasteiger partial charge in [-0.25, -0.2) is 0 Å². The number of ether oxygens (including phenoxy) is 1. The Kier molecular flexibility index (Phi) is 5.77. The van der Waals surface area contributed by atoms with Crippen molar-refractivity contribution in [1.82, 2.24) is 5.32 Å². The van der Waals surface area contributed by atoms with Crippen molar-refractivity contribution >= 4 is 0 Å². The third-order valence-electron chi connectivity index (χ3n) is 4.42. The number of benzene rings is 1. The molecule has 1 atom stereocenters. The molecule has 1 aliphatic carbocycles. The molecule has 120 valence electrons. The fourth-order valence-corrected chi connectivity index (χ4v) is 3.17. The van der Waals surface area contributed by atoms with Crippen LogP contribution in [0.5, 0.6) is 5.75 Å². The number of nitrogens with zero attached hydrogens (tertiary/aromatic N) is 1. The minimum Gasteiger partial charge on any atom is -0.496 e. The van der Waals surface area contributed by atoms with Crippen LogP contribution >= 0.6 is 0 Å². The third kappa shape index (κ3) is 3.58. The van der Waals surface area contributed by atoms with E-state index < -0.39 is 6.04 Å². The summed E-state index contributed by atoms with van der Waals surface area (Å²) in [6.45, 7) is 8.35. The van der Waals surface area contributed by atoms with Crippen molar-refractivity contribution < 1.29 is 9.66 Å². The molecule has 0 amide bonds. The second-order valence-corrected chi connectivity index (χ2v) is 5.77. The summed E-state index contributed by atoms with van der Waals surface area (Å²) in [6.07, 6.45) is 5.01. The Morgan fingerprint density at radius 3 is 2.68 bits per heavy atom. The number of hydrogen-bond acceptors (Lipinski definition) is 4. The molecule has 22 heavy (non-hydrogen) atoms. The molecule has 1 saturated carbocycles. The molecule has 0 spiro atoms. The molecule has 5 nitrogen and oxygen atoms in total. The highest BCUT2D eigenvalue weighted by Crippen LogP contribution is 2.34. The van der Waals surface area contributed by atoms with Crippen molar-refractivity contribution in [3.05, 3.63) is 52.8 Å². The molecule has 0 aliphatic heterocycles. The van der Waals surface area contributed by atoms with E-state index in [9.17, 15) is 10.1 Å². The van der Waals surface area contributed by atoms with E-state index in [1.165, 1.54) is 32.8 Å². The zero-order valence-electron chi connectivity index (χ0n) is 13.1. The van der Waals surface area contributed by atoms with E-state index in [4.69, 9.17) is 4.74 Å². The molecular formula is C17H24N2O3. The number of nitrogens with one attached hydrogen (secondary N) is 1. The normalized spacial score (nSPS) is 16.7. The predicted molar refractivity (Wildman–Crippen MR) is 86.3 cm³/mol. The van der Waals surface area contributed by atoms with Gasteiger partial charge >= 0.3 is 0 Å². The summed E-state index contributed by atoms with van der Waals surface area (Å²) in [5.41, 5.74) is 2.29. The van der Waals surface area contributed by atoms with Crippen LogP contribution in [0.3, 0.4) is 0 Å². The lowest BCUT2D eigenvalue weighted by Gasteiger charge is -2.20. The summed E-state index contributed by atoms with van der Waals surface area (Å²) in [5.74, 6) is 0.543. The van der Waals surface area contributed by atoms with E-state index in [2.05, 4.69) is 19.2 Å². The van der Waals surface area contributed by atoms with Gasteiger partial charge in [-0.15, -0.1) is 0 Å². The first-order valence-electron chi connectivity index (χ1n) is 7.76. The lowest BCUT2D eigenvalue weighted by Crippen LogP contribution is -2.27. The standard InChI is InChI=1S/C17H24N2O3/c1-4-15(19(20)21)17-14(11-18-13-7-5-6-8-13)12(2)9-10-16(17)22-3/h9-10,13,15,18H,1-2,4-8,11H2,3H3. The molecule has 0 heterocycles. The van der Waals surface area contributed by atoms with Gasteiger partial charge in [0.2, 0.25) is 6.04 Å². The number of hydrogen-bond donors (Lipinski definition) is 1. The van der Waals surface area contributed by atoms with Crippen LogP contribution in [0.1, 0.15) is 54.8 Å². The smallest absolute Gasteiger partial charge is 0.242 e. The monoisotopic (exact) mass is 304 g/mol. The molecule has 2 rings (SSSR count). The minimum atomic E-state index is -0.864. The number of rotatable bonds is 7. The zero-order chi connectivity index (χ0) is 16.1. The topological polar surface area (TPSA) is 64.4 Å². The second kappa shape index (κ2) is 7.58. The Labute approximate surface area is 132 Å². The van der Waals surface area contributed by atoms with Crippen LogP contribution < -0.4 is 10.1 Å². The first-order valence-corrected chi connectivity index (χ1v) is 7.76. The van der Waals surface area contributed by atoms with E-state index in [1.807, 2.05) is 6.07 Å². The molecular weight excluding hydrogens is 280 g/mol. The fraction of sp³-hybridized carbons (Fsp3) is 0.529. The van der Waals surface area contributed by atoms with Gasteiger partial charge in [-0.2, -0.15) is 0 Å². The number of nitro groups is 1. The van der Waals surface area contributed by atoms with Crippen molar-refractivity contribution in [1.29, 1.82) is 0 Å². The predicted octanol–water partition coefficient (Wildman–Crippen LogP) is 3.45. The third-order valence-corrected chi connectivity index (χ3v) is 4.42. The molecule has 1 aromatic carbocycles. The Morgan fingerprint density at radius 1 is 1.45 bits per heavy atom. The van der Waals surface area contributed by atoms with Crippen molar-refractivity contribution in [3.8, 4) is 5.75 Å². The molecule has 2 radical (unpaired) electrons. The maximum atomic E-state index is 11.4. The Hall–Kier alpha value is -1.62. The molecule has 0 aromatic heterocycles. The van der Waals surface area contributed by atoms with Gasteiger partial charge in [-0.05, 0) is 43.9 Å². The maximum Gasteiger partial charge on any atom is 0.242 e. The van der Waals surface area contributed by atoms with Crippen LogP contribution in [0.2, 0.25) is 0 Å². The Bertz CT molecular complexity index is 525. The van der Waals surface area contributed by atoms with Crippen molar-refractivity contribution in [3.63, 3.8) is 0 Å². The Morgan fingerprint density at radius 2 is 2.14 bits per heavy atom. The van der Waals surface area contributed by atoms with Crippen LogP contribution in [0, 0.1) is 24.0 Å². The van der Waals surface area contributed by atoms with E-state index in [-0.39, 0.29) is 11.3 Å². The summed E-state index contributed by atoms with van der Waals surface area (Å²) >= 11 is 0. The molecule has 1 aromatic rings. The summed E-state index contributed by atoms with van der Waals surface area (Å²) in [4.78, 5) is 11.1. The van der Waals surface area contributed by atoms with Gasteiger partial charge in [0.25, 0.3) is 0 Å². The van der Waals surface area contributed by atoms with Crippen molar-refractivity contribution in [2.24, 2.45) is 0 Å². The molecule has 0 bridgehead atoms. The van der Waals surface area contributed by atoms with E-state index in [0.29, 0.717) is 23.9 Å². The molecule has 1 fully saturated rings. The first kappa shape index (κ1) is 16.7. The lowest BCUT2D eigenvalue weighted by atomic mass is 9.93. The first-order chi connectivity index (χ1) is 10.6. The van der Waals surface area contributed by atoms with Gasteiger partial charge in [-0.3, -0.25) is 10.1 Å². The van der Waals surface area contributed by atoms with Gasteiger partial charge in [-0.1, -0.05) is 18.9 Å². The quantitative estimate of drug-likeness (QED) is 0.619. The summed E-state index contributed by atoms with van der Waals surface area (Å²) < 4.78 is 5.36. The average Bonchev–Trinajstić information content (AvgIpc) is 3.00.